The van der Waals surface area contributed by atoms with Gasteiger partial charge in [0.25, 0.3) is 0 Å². The molecule has 0 saturated heterocycles. The number of carbonyl (C=O) groups is 1. The van der Waals surface area contributed by atoms with E-state index in [0.29, 0.717) is 19.5 Å². The Bertz CT molecular complexity index is 601. The van der Waals surface area contributed by atoms with Crippen molar-refractivity contribution in [2.75, 3.05) is 11.9 Å². The summed E-state index contributed by atoms with van der Waals surface area (Å²) < 4.78 is 0. The molecule has 0 spiro atoms. The molecule has 3 nitrogen and oxygen atoms in total. The van der Waals surface area contributed by atoms with Crippen LogP contribution in [0.15, 0.2) is 48.5 Å². The Kier molecular flexibility index (Phi) is 6.67. The number of para-hydroxylation sites is 1. The van der Waals surface area contributed by atoms with Crippen molar-refractivity contribution in [3.8, 4) is 0 Å². The van der Waals surface area contributed by atoms with Gasteiger partial charge in [-0.15, -0.1) is 0 Å². The molecule has 2 rings (SSSR count). The highest BCUT2D eigenvalue weighted by Crippen LogP contribution is 2.22. The highest BCUT2D eigenvalue weighted by Gasteiger charge is 2.07. The van der Waals surface area contributed by atoms with Crippen molar-refractivity contribution in [1.29, 1.82) is 0 Å². The number of rotatable bonds is 8. The molecule has 0 fully saturated rings. The zero-order valence-electron chi connectivity index (χ0n) is 14.1. The van der Waals surface area contributed by atoms with E-state index in [4.69, 9.17) is 0 Å². The first kappa shape index (κ1) is 17.1. The summed E-state index contributed by atoms with van der Waals surface area (Å²) in [6.45, 7) is 5.56. The maximum Gasteiger partial charge on any atom is 0.222 e. The summed E-state index contributed by atoms with van der Waals surface area (Å²) in [6.07, 6.45) is 2.47. The number of aryl methyl sites for hydroxylation is 2. The zero-order valence-corrected chi connectivity index (χ0v) is 14.1. The van der Waals surface area contributed by atoms with E-state index in [-0.39, 0.29) is 5.91 Å². The maximum absolute atomic E-state index is 12.0. The smallest absolute Gasteiger partial charge is 0.222 e. The van der Waals surface area contributed by atoms with Gasteiger partial charge in [0.1, 0.15) is 0 Å². The van der Waals surface area contributed by atoms with E-state index in [1.165, 1.54) is 16.8 Å². The van der Waals surface area contributed by atoms with Crippen LogP contribution >= 0.6 is 0 Å². The van der Waals surface area contributed by atoms with Crippen LogP contribution in [-0.4, -0.2) is 12.5 Å². The van der Waals surface area contributed by atoms with Crippen LogP contribution in [0.4, 0.5) is 5.69 Å². The van der Waals surface area contributed by atoms with Crippen molar-refractivity contribution in [3.63, 3.8) is 0 Å². The van der Waals surface area contributed by atoms with E-state index >= 15 is 0 Å². The van der Waals surface area contributed by atoms with Crippen molar-refractivity contribution in [1.82, 2.24) is 5.32 Å². The lowest BCUT2D eigenvalue weighted by Gasteiger charge is -2.15. The molecule has 23 heavy (non-hydrogen) atoms. The number of hydrogen-bond acceptors (Lipinski definition) is 2. The summed E-state index contributed by atoms with van der Waals surface area (Å²) >= 11 is 0. The molecule has 0 heterocycles. The maximum atomic E-state index is 12.0. The van der Waals surface area contributed by atoms with Crippen molar-refractivity contribution in [2.45, 2.75) is 39.7 Å². The van der Waals surface area contributed by atoms with E-state index in [2.05, 4.69) is 42.7 Å². The molecule has 0 aliphatic rings. The van der Waals surface area contributed by atoms with Gasteiger partial charge in [-0.3, -0.25) is 4.79 Å². The average Bonchev–Trinajstić information content (AvgIpc) is 2.60. The minimum atomic E-state index is 0.0772. The first-order valence-electron chi connectivity index (χ1n) is 8.39. The lowest BCUT2D eigenvalue weighted by atomic mass is 10.0. The highest BCUT2D eigenvalue weighted by molar-refractivity contribution is 5.76. The van der Waals surface area contributed by atoms with Crippen molar-refractivity contribution in [2.24, 2.45) is 0 Å². The van der Waals surface area contributed by atoms with E-state index in [0.717, 1.165) is 18.4 Å². The van der Waals surface area contributed by atoms with Crippen LogP contribution in [0.1, 0.15) is 37.0 Å². The Hall–Kier alpha value is -2.29. The first-order valence-corrected chi connectivity index (χ1v) is 8.39. The molecule has 3 heteroatoms. The molecule has 1 amide bonds. The lowest BCUT2D eigenvalue weighted by Crippen LogP contribution is -2.25. The summed E-state index contributed by atoms with van der Waals surface area (Å²) in [5.74, 6) is 0.0772. The fourth-order valence-electron chi connectivity index (χ4n) is 2.66. The lowest BCUT2D eigenvalue weighted by molar-refractivity contribution is -0.121. The van der Waals surface area contributed by atoms with Gasteiger partial charge in [-0.2, -0.15) is 0 Å². The number of hydrogen-bond donors (Lipinski definition) is 2. The summed E-state index contributed by atoms with van der Waals surface area (Å²) in [5, 5.41) is 6.42. The van der Waals surface area contributed by atoms with E-state index < -0.39 is 0 Å². The largest absolute Gasteiger partial charge is 0.384 e. The van der Waals surface area contributed by atoms with Gasteiger partial charge in [0.2, 0.25) is 5.91 Å². The Labute approximate surface area is 139 Å². The van der Waals surface area contributed by atoms with Crippen LogP contribution in [0.5, 0.6) is 0 Å². The quantitative estimate of drug-likeness (QED) is 0.775. The Morgan fingerprint density at radius 2 is 1.57 bits per heavy atom. The molecule has 0 bridgehead atoms. The van der Waals surface area contributed by atoms with Crippen molar-refractivity contribution < 1.29 is 4.79 Å². The van der Waals surface area contributed by atoms with Crippen LogP contribution in [-0.2, 0) is 24.2 Å². The molecule has 0 saturated carbocycles. The molecule has 0 radical (unpaired) electrons. The molecule has 0 aliphatic carbocycles. The van der Waals surface area contributed by atoms with Gasteiger partial charge in [-0.1, -0.05) is 62.4 Å². The van der Waals surface area contributed by atoms with Crippen LogP contribution in [0.2, 0.25) is 0 Å². The minimum absolute atomic E-state index is 0.0772. The van der Waals surface area contributed by atoms with Gasteiger partial charge in [-0.25, -0.2) is 0 Å². The van der Waals surface area contributed by atoms with Gasteiger partial charge in [0, 0.05) is 25.2 Å². The van der Waals surface area contributed by atoms with Crippen molar-refractivity contribution in [3.05, 3.63) is 65.2 Å². The second kappa shape index (κ2) is 8.99. The summed E-state index contributed by atoms with van der Waals surface area (Å²) in [6, 6.07) is 16.4. The number of benzene rings is 2. The molecule has 0 atom stereocenters. The van der Waals surface area contributed by atoms with Crippen LogP contribution in [0.3, 0.4) is 0 Å². The second-order valence-corrected chi connectivity index (χ2v) is 5.60. The summed E-state index contributed by atoms with van der Waals surface area (Å²) in [5.41, 5.74) is 4.95. The molecule has 0 aromatic heterocycles. The Balaban J connectivity index is 1.82. The second-order valence-electron chi connectivity index (χ2n) is 5.60. The van der Waals surface area contributed by atoms with Crippen molar-refractivity contribution >= 4 is 11.6 Å². The fraction of sp³-hybridized carbons (Fsp3) is 0.350. The molecule has 2 aromatic carbocycles. The number of amides is 1. The zero-order chi connectivity index (χ0) is 16.5. The van der Waals surface area contributed by atoms with Crippen LogP contribution in [0, 0.1) is 0 Å². The van der Waals surface area contributed by atoms with E-state index in [9.17, 15) is 4.79 Å². The van der Waals surface area contributed by atoms with Gasteiger partial charge < -0.3 is 10.6 Å². The molecule has 122 valence electrons. The van der Waals surface area contributed by atoms with E-state index in [1.54, 1.807) is 0 Å². The molecular formula is C20H26N2O. The molecule has 0 unspecified atom stereocenters. The Morgan fingerprint density at radius 3 is 2.17 bits per heavy atom. The molecule has 0 aliphatic heterocycles. The average molecular weight is 310 g/mol. The summed E-state index contributed by atoms with van der Waals surface area (Å²) in [7, 11) is 0. The number of nitrogens with one attached hydrogen (secondary N) is 2. The third-order valence-electron chi connectivity index (χ3n) is 3.99. The number of carbonyl (C=O) groups excluding carboxylic acids is 1. The first-order chi connectivity index (χ1) is 11.2. The van der Waals surface area contributed by atoms with Gasteiger partial charge in [0.15, 0.2) is 0 Å². The predicted molar refractivity (Wildman–Crippen MR) is 96.6 cm³/mol. The van der Waals surface area contributed by atoms with Crippen LogP contribution in [0.25, 0.3) is 0 Å². The molecule has 2 aromatic rings. The summed E-state index contributed by atoms with van der Waals surface area (Å²) in [4.78, 5) is 12.0. The fourth-order valence-corrected chi connectivity index (χ4v) is 2.66. The molecule has 2 N–H and O–H groups in total. The normalized spacial score (nSPS) is 10.3. The van der Waals surface area contributed by atoms with Gasteiger partial charge in [-0.05, 0) is 29.5 Å². The van der Waals surface area contributed by atoms with Gasteiger partial charge in [0.05, 0.1) is 0 Å². The number of anilines is 1. The van der Waals surface area contributed by atoms with Crippen LogP contribution < -0.4 is 10.6 Å². The standard InChI is InChI=1S/C20H26N2O/c1-3-17-11-8-12-18(4-2)20(17)21-14-13-19(23)22-15-16-9-6-5-7-10-16/h5-12,21H,3-4,13-15H2,1-2H3,(H,22,23). The SMILES string of the molecule is CCc1cccc(CC)c1NCCC(=O)NCc1ccccc1. The Morgan fingerprint density at radius 1 is 0.913 bits per heavy atom. The third-order valence-corrected chi connectivity index (χ3v) is 3.99. The predicted octanol–water partition coefficient (Wildman–Crippen LogP) is 3.93. The highest BCUT2D eigenvalue weighted by atomic mass is 16.1. The van der Waals surface area contributed by atoms with Gasteiger partial charge >= 0.3 is 0 Å². The third kappa shape index (κ3) is 5.13. The molecular weight excluding hydrogens is 284 g/mol. The van der Waals surface area contributed by atoms with E-state index in [1.807, 2.05) is 30.3 Å². The monoisotopic (exact) mass is 310 g/mol. The minimum Gasteiger partial charge on any atom is -0.384 e. The topological polar surface area (TPSA) is 41.1 Å².